The highest BCUT2D eigenvalue weighted by Crippen LogP contribution is 2.35. The normalized spacial score (nSPS) is 17.1. The highest BCUT2D eigenvalue weighted by atomic mass is 16.6. The number of hydrogen-bond donors (Lipinski definition) is 2. The maximum absolute atomic E-state index is 11.5. The van der Waals surface area contributed by atoms with E-state index >= 15 is 0 Å². The Labute approximate surface area is 87.6 Å². The van der Waals surface area contributed by atoms with Crippen LogP contribution in [0.25, 0.3) is 0 Å². The van der Waals surface area contributed by atoms with Gasteiger partial charge in [-0.25, -0.2) is 4.79 Å². The van der Waals surface area contributed by atoms with Crippen LogP contribution in [0.3, 0.4) is 0 Å². The lowest BCUT2D eigenvalue weighted by atomic mass is 9.94. The highest BCUT2D eigenvalue weighted by Gasteiger charge is 2.37. The molecule has 1 aliphatic heterocycles. The van der Waals surface area contributed by atoms with Gasteiger partial charge in [0.05, 0.1) is 5.56 Å². The van der Waals surface area contributed by atoms with Gasteiger partial charge in [0.1, 0.15) is 11.4 Å². The molecule has 0 amide bonds. The molecule has 0 spiro atoms. The monoisotopic (exact) mass is 204 g/mol. The average Bonchev–Trinajstić information content (AvgIpc) is 2.37. The van der Waals surface area contributed by atoms with Gasteiger partial charge in [-0.15, -0.1) is 0 Å². The molecule has 1 aromatic carbocycles. The Bertz CT molecular complexity index is 464. The minimum absolute atomic E-state index is 0.0460. The van der Waals surface area contributed by atoms with Crippen molar-refractivity contribution in [2.45, 2.75) is 19.4 Å². The Kier molecular flexibility index (Phi) is 1.83. The molecule has 78 valence electrons. The van der Waals surface area contributed by atoms with Gasteiger partial charge in [0, 0.05) is 11.1 Å². The summed E-state index contributed by atoms with van der Waals surface area (Å²) in [6, 6.07) is 5.12. The van der Waals surface area contributed by atoms with Gasteiger partial charge < -0.3 is 10.5 Å². The molecule has 0 atom stereocenters. The fourth-order valence-electron chi connectivity index (χ4n) is 1.75. The summed E-state index contributed by atoms with van der Waals surface area (Å²) in [5.74, 6) is -0.395. The van der Waals surface area contributed by atoms with Crippen LogP contribution in [-0.2, 0) is 10.3 Å². The van der Waals surface area contributed by atoms with Gasteiger partial charge in [-0.1, -0.05) is 12.1 Å². The molecule has 0 radical (unpaired) electrons. The molecule has 0 aromatic heterocycles. The smallest absolute Gasteiger partial charge is 0.339 e. The molecule has 1 aromatic rings. The SMILES string of the molecule is CC1(C)OC(=O)c2cc(C(=N)N)ccc21. The number of ether oxygens (including phenoxy) is 1. The van der Waals surface area contributed by atoms with Gasteiger partial charge in [0.25, 0.3) is 0 Å². The summed E-state index contributed by atoms with van der Waals surface area (Å²) >= 11 is 0. The summed E-state index contributed by atoms with van der Waals surface area (Å²) in [6.45, 7) is 3.67. The van der Waals surface area contributed by atoms with E-state index in [2.05, 4.69) is 0 Å². The van der Waals surface area contributed by atoms with Crippen LogP contribution in [0, 0.1) is 5.41 Å². The van der Waals surface area contributed by atoms with Crippen molar-refractivity contribution >= 4 is 11.8 Å². The van der Waals surface area contributed by atoms with E-state index in [1.165, 1.54) is 0 Å². The number of hydrogen-bond acceptors (Lipinski definition) is 3. The first kappa shape index (κ1) is 9.71. The Hall–Kier alpha value is -1.84. The number of nitrogens with two attached hydrogens (primary N) is 1. The fourth-order valence-corrected chi connectivity index (χ4v) is 1.75. The minimum atomic E-state index is -0.582. The lowest BCUT2D eigenvalue weighted by molar-refractivity contribution is 0.00954. The maximum Gasteiger partial charge on any atom is 0.339 e. The van der Waals surface area contributed by atoms with Crippen LogP contribution in [0.5, 0.6) is 0 Å². The van der Waals surface area contributed by atoms with Crippen molar-refractivity contribution in [2.75, 3.05) is 0 Å². The summed E-state index contributed by atoms with van der Waals surface area (Å²) in [4.78, 5) is 11.5. The van der Waals surface area contributed by atoms with E-state index in [4.69, 9.17) is 15.9 Å². The summed E-state index contributed by atoms with van der Waals surface area (Å²) in [5, 5.41) is 7.29. The Morgan fingerprint density at radius 1 is 1.47 bits per heavy atom. The van der Waals surface area contributed by atoms with Crippen molar-refractivity contribution in [3.05, 3.63) is 34.9 Å². The molecule has 0 aliphatic carbocycles. The third-order valence-electron chi connectivity index (χ3n) is 2.55. The van der Waals surface area contributed by atoms with Crippen LogP contribution in [0.1, 0.15) is 35.3 Å². The lowest BCUT2D eigenvalue weighted by Crippen LogP contribution is -2.16. The minimum Gasteiger partial charge on any atom is -0.451 e. The first-order valence-electron chi connectivity index (χ1n) is 4.64. The maximum atomic E-state index is 11.5. The van der Waals surface area contributed by atoms with Gasteiger partial charge in [0.2, 0.25) is 0 Å². The second kappa shape index (κ2) is 2.82. The predicted octanol–water partition coefficient (Wildman–Crippen LogP) is 1.38. The molecule has 0 saturated carbocycles. The number of cyclic esters (lactones) is 1. The van der Waals surface area contributed by atoms with Crippen LogP contribution < -0.4 is 5.73 Å². The summed E-state index contributed by atoms with van der Waals surface area (Å²) in [6.07, 6.45) is 0. The number of carbonyl (C=O) groups excluding carboxylic acids is 1. The van der Waals surface area contributed by atoms with Crippen molar-refractivity contribution in [3.63, 3.8) is 0 Å². The summed E-state index contributed by atoms with van der Waals surface area (Å²) in [7, 11) is 0. The van der Waals surface area contributed by atoms with Crippen molar-refractivity contribution < 1.29 is 9.53 Å². The Morgan fingerprint density at radius 2 is 2.13 bits per heavy atom. The highest BCUT2D eigenvalue weighted by molar-refractivity contribution is 6.00. The second-order valence-corrected chi connectivity index (χ2v) is 4.07. The van der Waals surface area contributed by atoms with E-state index in [0.29, 0.717) is 11.1 Å². The van der Waals surface area contributed by atoms with Gasteiger partial charge in [-0.05, 0) is 19.9 Å². The fraction of sp³-hybridized carbons (Fsp3) is 0.273. The lowest BCUT2D eigenvalue weighted by Gasteiger charge is -2.17. The Balaban J connectivity index is 2.60. The number of amidine groups is 1. The van der Waals surface area contributed by atoms with E-state index in [1.54, 1.807) is 18.2 Å². The van der Waals surface area contributed by atoms with E-state index in [9.17, 15) is 4.79 Å². The van der Waals surface area contributed by atoms with Crippen molar-refractivity contribution in [1.29, 1.82) is 5.41 Å². The molecule has 4 heteroatoms. The number of carbonyl (C=O) groups is 1. The van der Waals surface area contributed by atoms with E-state index in [-0.39, 0.29) is 11.8 Å². The first-order valence-corrected chi connectivity index (χ1v) is 4.64. The largest absolute Gasteiger partial charge is 0.451 e. The van der Waals surface area contributed by atoms with Crippen LogP contribution >= 0.6 is 0 Å². The molecular weight excluding hydrogens is 192 g/mol. The number of rotatable bonds is 1. The standard InChI is InChI=1S/C11H12N2O2/c1-11(2)8-4-3-6(9(12)13)5-7(8)10(14)15-11/h3-5H,1-2H3,(H3,12,13). The average molecular weight is 204 g/mol. The zero-order valence-corrected chi connectivity index (χ0v) is 8.63. The van der Waals surface area contributed by atoms with Gasteiger partial charge >= 0.3 is 5.97 Å². The molecule has 1 heterocycles. The van der Waals surface area contributed by atoms with Gasteiger partial charge in [-0.2, -0.15) is 0 Å². The van der Waals surface area contributed by atoms with Gasteiger partial charge in [0.15, 0.2) is 0 Å². The number of benzene rings is 1. The molecule has 4 nitrogen and oxygen atoms in total. The van der Waals surface area contributed by atoms with Gasteiger partial charge in [-0.3, -0.25) is 5.41 Å². The Morgan fingerprint density at radius 3 is 2.73 bits per heavy atom. The quantitative estimate of drug-likeness (QED) is 0.412. The number of nitrogens with one attached hydrogen (secondary N) is 1. The van der Waals surface area contributed by atoms with E-state index < -0.39 is 5.60 Å². The summed E-state index contributed by atoms with van der Waals surface area (Å²) in [5.41, 5.74) is 6.67. The molecular formula is C11H12N2O2. The topological polar surface area (TPSA) is 76.2 Å². The molecule has 2 rings (SSSR count). The molecule has 0 fully saturated rings. The van der Waals surface area contributed by atoms with Crippen molar-refractivity contribution in [3.8, 4) is 0 Å². The first-order chi connectivity index (χ1) is 6.92. The number of nitrogen functional groups attached to an aromatic ring is 1. The molecule has 0 unspecified atom stereocenters. The van der Waals surface area contributed by atoms with E-state index in [1.807, 2.05) is 13.8 Å². The second-order valence-electron chi connectivity index (χ2n) is 4.07. The predicted molar refractivity (Wildman–Crippen MR) is 55.9 cm³/mol. The van der Waals surface area contributed by atoms with Crippen LogP contribution in [0.2, 0.25) is 0 Å². The molecule has 15 heavy (non-hydrogen) atoms. The zero-order valence-electron chi connectivity index (χ0n) is 8.63. The van der Waals surface area contributed by atoms with Crippen LogP contribution in [0.4, 0.5) is 0 Å². The molecule has 0 bridgehead atoms. The van der Waals surface area contributed by atoms with Crippen LogP contribution in [0.15, 0.2) is 18.2 Å². The number of esters is 1. The van der Waals surface area contributed by atoms with Crippen LogP contribution in [-0.4, -0.2) is 11.8 Å². The summed E-state index contributed by atoms with van der Waals surface area (Å²) < 4.78 is 5.20. The third-order valence-corrected chi connectivity index (χ3v) is 2.55. The number of fused-ring (bicyclic) bond motifs is 1. The van der Waals surface area contributed by atoms with Crippen molar-refractivity contribution in [2.24, 2.45) is 5.73 Å². The molecule has 1 aliphatic rings. The van der Waals surface area contributed by atoms with Crippen molar-refractivity contribution in [1.82, 2.24) is 0 Å². The molecule has 0 saturated heterocycles. The van der Waals surface area contributed by atoms with E-state index in [0.717, 1.165) is 5.56 Å². The molecule has 3 N–H and O–H groups in total. The zero-order chi connectivity index (χ0) is 11.2. The third kappa shape index (κ3) is 1.38.